The second-order valence-electron chi connectivity index (χ2n) is 8.12. The van der Waals surface area contributed by atoms with Gasteiger partial charge >= 0.3 is 6.18 Å². The fourth-order valence-corrected chi connectivity index (χ4v) is 3.37. The van der Waals surface area contributed by atoms with Gasteiger partial charge in [0, 0.05) is 17.8 Å². The molecule has 1 unspecified atom stereocenters. The van der Waals surface area contributed by atoms with Crippen molar-refractivity contribution in [1.29, 1.82) is 0 Å². The van der Waals surface area contributed by atoms with Crippen molar-refractivity contribution in [1.82, 2.24) is 9.55 Å². The minimum Gasteiger partial charge on any atom is -0.496 e. The average molecular weight is 420 g/mol. The van der Waals surface area contributed by atoms with Gasteiger partial charge in [0.1, 0.15) is 5.75 Å². The van der Waals surface area contributed by atoms with Crippen LogP contribution in [0.1, 0.15) is 43.7 Å². The molecule has 3 rings (SSSR count). The first-order chi connectivity index (χ1) is 13.9. The van der Waals surface area contributed by atoms with Gasteiger partial charge in [-0.25, -0.2) is 0 Å². The van der Waals surface area contributed by atoms with Crippen LogP contribution >= 0.6 is 0 Å². The van der Waals surface area contributed by atoms with E-state index < -0.39 is 23.4 Å². The molecule has 2 heterocycles. The van der Waals surface area contributed by atoms with Crippen molar-refractivity contribution >= 4 is 10.9 Å². The van der Waals surface area contributed by atoms with Crippen molar-refractivity contribution < 1.29 is 23.0 Å². The summed E-state index contributed by atoms with van der Waals surface area (Å²) in [5, 5.41) is 10.2. The molecular formula is C22H23F3N2O3. The molecule has 3 aromatic rings. The van der Waals surface area contributed by atoms with E-state index in [1.54, 1.807) is 30.3 Å². The van der Waals surface area contributed by atoms with Gasteiger partial charge in [0.25, 0.3) is 5.56 Å². The lowest BCUT2D eigenvalue weighted by Gasteiger charge is -2.24. The van der Waals surface area contributed by atoms with Crippen LogP contribution in [0.25, 0.3) is 10.9 Å². The van der Waals surface area contributed by atoms with Crippen molar-refractivity contribution in [2.75, 3.05) is 7.11 Å². The number of aliphatic hydroxyl groups excluding tert-OH is 1. The lowest BCUT2D eigenvalue weighted by molar-refractivity contribution is -0.207. The molecular weight excluding hydrogens is 397 g/mol. The molecule has 160 valence electrons. The number of aliphatic hydroxyl groups is 1. The first-order valence-electron chi connectivity index (χ1n) is 9.34. The molecule has 0 amide bonds. The monoisotopic (exact) mass is 420 g/mol. The van der Waals surface area contributed by atoms with E-state index in [0.29, 0.717) is 22.3 Å². The molecule has 1 atom stereocenters. The Bertz CT molecular complexity index is 1120. The Morgan fingerprint density at radius 2 is 1.87 bits per heavy atom. The molecule has 0 saturated carbocycles. The number of alkyl halides is 3. The van der Waals surface area contributed by atoms with E-state index in [9.17, 15) is 23.1 Å². The summed E-state index contributed by atoms with van der Waals surface area (Å²) in [7, 11) is 1.50. The molecule has 5 nitrogen and oxygen atoms in total. The summed E-state index contributed by atoms with van der Waals surface area (Å²) in [6.45, 7) is 5.80. The van der Waals surface area contributed by atoms with E-state index in [-0.39, 0.29) is 12.0 Å². The maximum atomic E-state index is 13.2. The van der Waals surface area contributed by atoms with Crippen molar-refractivity contribution in [3.05, 3.63) is 69.8 Å². The number of rotatable bonds is 4. The van der Waals surface area contributed by atoms with Gasteiger partial charge in [0.15, 0.2) is 6.10 Å². The maximum absolute atomic E-state index is 13.2. The smallest absolute Gasteiger partial charge is 0.418 e. The van der Waals surface area contributed by atoms with Gasteiger partial charge in [-0.1, -0.05) is 26.8 Å². The van der Waals surface area contributed by atoms with E-state index in [1.807, 2.05) is 20.8 Å². The Balaban J connectivity index is 2.36. The number of halogens is 3. The Kier molecular flexibility index (Phi) is 5.64. The highest BCUT2D eigenvalue weighted by Gasteiger charge is 2.41. The lowest BCUT2D eigenvalue weighted by atomic mass is 9.85. The molecule has 30 heavy (non-hydrogen) atoms. The van der Waals surface area contributed by atoms with Crippen LogP contribution in [0.5, 0.6) is 5.75 Å². The number of fused-ring (bicyclic) bond motifs is 1. The summed E-state index contributed by atoms with van der Waals surface area (Å²) < 4.78 is 46.4. The third-order valence-electron chi connectivity index (χ3n) is 4.90. The molecule has 0 spiro atoms. The zero-order valence-electron chi connectivity index (χ0n) is 17.1. The van der Waals surface area contributed by atoms with Crippen LogP contribution in [0.2, 0.25) is 0 Å². The minimum absolute atomic E-state index is 0.0490. The van der Waals surface area contributed by atoms with Gasteiger partial charge in [0.2, 0.25) is 0 Å². The highest BCUT2D eigenvalue weighted by molar-refractivity contribution is 5.83. The normalized spacial score (nSPS) is 13.5. The number of hydrogen-bond donors (Lipinski definition) is 1. The van der Waals surface area contributed by atoms with Crippen LogP contribution in [0.3, 0.4) is 0 Å². The number of ether oxygens (including phenoxy) is 1. The molecule has 0 aliphatic carbocycles. The van der Waals surface area contributed by atoms with E-state index >= 15 is 0 Å². The Morgan fingerprint density at radius 3 is 2.40 bits per heavy atom. The summed E-state index contributed by atoms with van der Waals surface area (Å²) in [5.41, 5.74) is -0.343. The SMILES string of the molecule is COc1cc2c(cc1C(C)(C)C)cc(C(O)C(F)(F)F)c(=O)n2Cc1ccccn1. The van der Waals surface area contributed by atoms with Gasteiger partial charge in [0.05, 0.1) is 30.4 Å². The van der Waals surface area contributed by atoms with Crippen LogP contribution in [-0.4, -0.2) is 27.9 Å². The molecule has 0 fully saturated rings. The second-order valence-corrected chi connectivity index (χ2v) is 8.12. The van der Waals surface area contributed by atoms with E-state index in [4.69, 9.17) is 4.74 Å². The molecule has 8 heteroatoms. The van der Waals surface area contributed by atoms with Gasteiger partial charge < -0.3 is 14.4 Å². The quantitative estimate of drug-likeness (QED) is 0.682. The summed E-state index contributed by atoms with van der Waals surface area (Å²) in [6, 6.07) is 9.56. The molecule has 0 bridgehead atoms. The van der Waals surface area contributed by atoms with Gasteiger partial charge in [-0.2, -0.15) is 13.2 Å². The predicted octanol–water partition coefficient (Wildman–Crippen LogP) is 4.35. The first kappa shape index (κ1) is 21.8. The molecule has 0 radical (unpaired) electrons. The van der Waals surface area contributed by atoms with Crippen LogP contribution in [0.4, 0.5) is 13.2 Å². The molecule has 1 N–H and O–H groups in total. The minimum atomic E-state index is -4.96. The third kappa shape index (κ3) is 4.18. The van der Waals surface area contributed by atoms with E-state index in [0.717, 1.165) is 11.6 Å². The third-order valence-corrected chi connectivity index (χ3v) is 4.90. The number of pyridine rings is 2. The zero-order valence-corrected chi connectivity index (χ0v) is 17.1. The molecule has 2 aromatic heterocycles. The van der Waals surface area contributed by atoms with Crippen molar-refractivity contribution in [2.24, 2.45) is 0 Å². The number of hydrogen-bond acceptors (Lipinski definition) is 4. The molecule has 0 saturated heterocycles. The highest BCUT2D eigenvalue weighted by atomic mass is 19.4. The maximum Gasteiger partial charge on any atom is 0.418 e. The fraction of sp³-hybridized carbons (Fsp3) is 0.364. The number of nitrogens with zero attached hydrogens (tertiary/aromatic N) is 2. The predicted molar refractivity (Wildman–Crippen MR) is 108 cm³/mol. The van der Waals surface area contributed by atoms with E-state index in [1.165, 1.54) is 17.9 Å². The van der Waals surface area contributed by atoms with Gasteiger partial charge in [-0.3, -0.25) is 9.78 Å². The number of benzene rings is 1. The zero-order chi connectivity index (χ0) is 22.3. The Morgan fingerprint density at radius 1 is 1.17 bits per heavy atom. The summed E-state index contributed by atoms with van der Waals surface area (Å²) >= 11 is 0. The van der Waals surface area contributed by atoms with Crippen molar-refractivity contribution in [2.45, 2.75) is 45.0 Å². The van der Waals surface area contributed by atoms with Crippen LogP contribution in [0.15, 0.2) is 47.4 Å². The highest BCUT2D eigenvalue weighted by Crippen LogP contribution is 2.37. The number of aromatic nitrogens is 2. The summed E-state index contributed by atoms with van der Waals surface area (Å²) in [4.78, 5) is 17.2. The van der Waals surface area contributed by atoms with Gasteiger partial charge in [-0.15, -0.1) is 0 Å². The lowest BCUT2D eigenvalue weighted by Crippen LogP contribution is -2.32. The topological polar surface area (TPSA) is 64.3 Å². The van der Waals surface area contributed by atoms with E-state index in [2.05, 4.69) is 4.98 Å². The van der Waals surface area contributed by atoms with Crippen LogP contribution < -0.4 is 10.3 Å². The molecule has 0 aliphatic heterocycles. The largest absolute Gasteiger partial charge is 0.496 e. The Hall–Kier alpha value is -2.87. The molecule has 0 aliphatic rings. The average Bonchev–Trinajstić information content (AvgIpc) is 2.67. The van der Waals surface area contributed by atoms with Gasteiger partial charge in [-0.05, 0) is 35.1 Å². The number of methoxy groups -OCH3 is 1. The standard InChI is InChI=1S/C22H23F3N2O3/c1-21(2,3)16-10-13-9-15(19(28)22(23,24)25)20(29)27(17(13)11-18(16)30-4)12-14-7-5-6-8-26-14/h5-11,19,28H,12H2,1-4H3. The van der Waals surface area contributed by atoms with Crippen LogP contribution in [-0.2, 0) is 12.0 Å². The van der Waals surface area contributed by atoms with Crippen LogP contribution in [0, 0.1) is 0 Å². The fourth-order valence-electron chi connectivity index (χ4n) is 3.37. The van der Waals surface area contributed by atoms with Crippen molar-refractivity contribution in [3.63, 3.8) is 0 Å². The molecule has 1 aromatic carbocycles. The summed E-state index contributed by atoms with van der Waals surface area (Å²) in [6.07, 6.45) is -6.31. The Labute approximate surface area is 171 Å². The second kappa shape index (κ2) is 7.75. The van der Waals surface area contributed by atoms with Crippen molar-refractivity contribution in [3.8, 4) is 5.75 Å². The summed E-state index contributed by atoms with van der Waals surface area (Å²) in [5.74, 6) is 0.522. The first-order valence-corrected chi connectivity index (χ1v) is 9.34.